The minimum atomic E-state index is -0.447. The quantitative estimate of drug-likeness (QED) is 0.452. The molecule has 1 aromatic carbocycles. The Balaban J connectivity index is 2.77. The Labute approximate surface area is 126 Å². The number of hydrogen-bond donors (Lipinski definition) is 1. The van der Waals surface area contributed by atoms with Crippen molar-refractivity contribution in [2.24, 2.45) is 5.92 Å². The lowest BCUT2D eigenvalue weighted by Crippen LogP contribution is -2.34. The van der Waals surface area contributed by atoms with Crippen molar-refractivity contribution in [2.45, 2.75) is 20.4 Å². The van der Waals surface area contributed by atoms with Crippen molar-refractivity contribution in [1.82, 2.24) is 9.80 Å². The second-order valence-electron chi connectivity index (χ2n) is 6.08. The maximum atomic E-state index is 10.8. The van der Waals surface area contributed by atoms with E-state index < -0.39 is 4.92 Å². The van der Waals surface area contributed by atoms with Crippen LogP contribution in [0.25, 0.3) is 0 Å². The number of nitro groups is 1. The predicted molar refractivity (Wildman–Crippen MR) is 86.2 cm³/mol. The number of likely N-dealkylation sites (N-methyl/N-ethyl adjacent to an activating group) is 1. The van der Waals surface area contributed by atoms with Gasteiger partial charge in [0.2, 0.25) is 0 Å². The van der Waals surface area contributed by atoms with Crippen molar-refractivity contribution in [1.29, 1.82) is 0 Å². The van der Waals surface area contributed by atoms with Gasteiger partial charge < -0.3 is 10.6 Å². The third kappa shape index (κ3) is 6.10. The SMILES string of the molecule is CC(C)CN(CCN(C)C)Cc1ccc([N+](=O)[O-])c(N)c1. The zero-order valence-corrected chi connectivity index (χ0v) is 13.4. The molecule has 0 radical (unpaired) electrons. The van der Waals surface area contributed by atoms with Crippen molar-refractivity contribution in [3.63, 3.8) is 0 Å². The minimum Gasteiger partial charge on any atom is -0.393 e. The fraction of sp³-hybridized carbons (Fsp3) is 0.600. The van der Waals surface area contributed by atoms with Crippen LogP contribution in [0.3, 0.4) is 0 Å². The Morgan fingerprint density at radius 2 is 1.95 bits per heavy atom. The van der Waals surface area contributed by atoms with Gasteiger partial charge in [-0.05, 0) is 31.6 Å². The zero-order chi connectivity index (χ0) is 16.0. The second-order valence-corrected chi connectivity index (χ2v) is 6.08. The van der Waals surface area contributed by atoms with Gasteiger partial charge in [-0.2, -0.15) is 0 Å². The molecule has 118 valence electrons. The molecule has 0 spiro atoms. The summed E-state index contributed by atoms with van der Waals surface area (Å²) in [7, 11) is 4.11. The van der Waals surface area contributed by atoms with Crippen molar-refractivity contribution >= 4 is 11.4 Å². The predicted octanol–water partition coefficient (Wildman–Crippen LogP) is 2.20. The van der Waals surface area contributed by atoms with Gasteiger partial charge in [0, 0.05) is 32.2 Å². The summed E-state index contributed by atoms with van der Waals surface area (Å²) in [5.41, 5.74) is 6.97. The van der Waals surface area contributed by atoms with Gasteiger partial charge in [-0.15, -0.1) is 0 Å². The lowest BCUT2D eigenvalue weighted by Gasteiger charge is -2.26. The van der Waals surface area contributed by atoms with Crippen LogP contribution in [-0.2, 0) is 6.54 Å². The lowest BCUT2D eigenvalue weighted by molar-refractivity contribution is -0.383. The van der Waals surface area contributed by atoms with Gasteiger partial charge in [-0.25, -0.2) is 0 Å². The van der Waals surface area contributed by atoms with Gasteiger partial charge in [-0.3, -0.25) is 15.0 Å². The Bertz CT molecular complexity index is 475. The first-order chi connectivity index (χ1) is 9.79. The first-order valence-corrected chi connectivity index (χ1v) is 7.19. The summed E-state index contributed by atoms with van der Waals surface area (Å²) in [6.07, 6.45) is 0. The average molecular weight is 294 g/mol. The van der Waals surface area contributed by atoms with Gasteiger partial charge in [-0.1, -0.05) is 19.9 Å². The zero-order valence-electron chi connectivity index (χ0n) is 13.4. The number of rotatable bonds is 8. The first kappa shape index (κ1) is 17.4. The van der Waals surface area contributed by atoms with E-state index >= 15 is 0 Å². The van der Waals surface area contributed by atoms with Crippen LogP contribution < -0.4 is 5.73 Å². The van der Waals surface area contributed by atoms with Crippen LogP contribution in [-0.4, -0.2) is 48.5 Å². The second kappa shape index (κ2) is 7.95. The minimum absolute atomic E-state index is 0.0255. The highest BCUT2D eigenvalue weighted by Gasteiger charge is 2.13. The van der Waals surface area contributed by atoms with E-state index in [-0.39, 0.29) is 11.4 Å². The summed E-state index contributed by atoms with van der Waals surface area (Å²) in [6.45, 7) is 8.07. The largest absolute Gasteiger partial charge is 0.393 e. The van der Waals surface area contributed by atoms with Gasteiger partial charge in [0.15, 0.2) is 0 Å². The highest BCUT2D eigenvalue weighted by atomic mass is 16.6. The number of nitrogens with two attached hydrogens (primary N) is 1. The van der Waals surface area contributed by atoms with Crippen LogP contribution in [0.4, 0.5) is 11.4 Å². The fourth-order valence-electron chi connectivity index (χ4n) is 2.22. The van der Waals surface area contributed by atoms with Gasteiger partial charge in [0.25, 0.3) is 5.69 Å². The van der Waals surface area contributed by atoms with Crippen LogP contribution in [0.1, 0.15) is 19.4 Å². The summed E-state index contributed by atoms with van der Waals surface area (Å²) in [4.78, 5) is 14.8. The molecule has 1 rings (SSSR count). The van der Waals surface area contributed by atoms with Crippen LogP contribution in [0.2, 0.25) is 0 Å². The molecule has 0 bridgehead atoms. The Morgan fingerprint density at radius 1 is 1.29 bits per heavy atom. The molecule has 1 aromatic rings. The smallest absolute Gasteiger partial charge is 0.292 e. The van der Waals surface area contributed by atoms with Crippen molar-refractivity contribution < 1.29 is 4.92 Å². The van der Waals surface area contributed by atoms with E-state index in [4.69, 9.17) is 5.73 Å². The molecule has 0 fully saturated rings. The molecule has 0 amide bonds. The third-order valence-electron chi connectivity index (χ3n) is 3.18. The van der Waals surface area contributed by atoms with E-state index in [0.717, 1.165) is 31.7 Å². The molecule has 0 atom stereocenters. The highest BCUT2D eigenvalue weighted by Crippen LogP contribution is 2.22. The summed E-state index contributed by atoms with van der Waals surface area (Å²) in [5.74, 6) is 0.572. The number of nitrogens with zero attached hydrogens (tertiary/aromatic N) is 3. The molecular formula is C15H26N4O2. The molecule has 6 heteroatoms. The number of nitrogen functional groups attached to an aromatic ring is 1. The molecule has 6 nitrogen and oxygen atoms in total. The molecule has 0 aromatic heterocycles. The van der Waals surface area contributed by atoms with Crippen LogP contribution in [0.15, 0.2) is 18.2 Å². The molecule has 0 aliphatic rings. The number of hydrogen-bond acceptors (Lipinski definition) is 5. The fourth-order valence-corrected chi connectivity index (χ4v) is 2.22. The Kier molecular flexibility index (Phi) is 6.58. The Hall–Kier alpha value is -1.66. The summed E-state index contributed by atoms with van der Waals surface area (Å²) in [5, 5.41) is 10.8. The topological polar surface area (TPSA) is 75.6 Å². The van der Waals surface area contributed by atoms with E-state index in [0.29, 0.717) is 5.92 Å². The Morgan fingerprint density at radius 3 is 2.43 bits per heavy atom. The molecule has 0 saturated carbocycles. The van der Waals surface area contributed by atoms with E-state index in [1.165, 1.54) is 6.07 Å². The highest BCUT2D eigenvalue weighted by molar-refractivity contribution is 5.59. The summed E-state index contributed by atoms with van der Waals surface area (Å²) in [6, 6.07) is 4.99. The van der Waals surface area contributed by atoms with Crippen LogP contribution in [0, 0.1) is 16.0 Å². The summed E-state index contributed by atoms with van der Waals surface area (Å²) >= 11 is 0. The van der Waals surface area contributed by atoms with E-state index in [1.54, 1.807) is 12.1 Å². The molecule has 0 aliphatic heterocycles. The normalized spacial score (nSPS) is 11.6. The third-order valence-corrected chi connectivity index (χ3v) is 3.18. The van der Waals surface area contributed by atoms with Crippen molar-refractivity contribution in [3.8, 4) is 0 Å². The monoisotopic (exact) mass is 294 g/mol. The van der Waals surface area contributed by atoms with E-state index in [2.05, 4.69) is 37.7 Å². The molecule has 2 N–H and O–H groups in total. The number of nitro benzene ring substituents is 1. The van der Waals surface area contributed by atoms with Crippen LogP contribution >= 0.6 is 0 Å². The molecule has 0 saturated heterocycles. The summed E-state index contributed by atoms with van der Waals surface area (Å²) < 4.78 is 0. The maximum Gasteiger partial charge on any atom is 0.292 e. The molecule has 0 unspecified atom stereocenters. The number of anilines is 1. The molecule has 0 aliphatic carbocycles. The van der Waals surface area contributed by atoms with Gasteiger partial charge in [0.05, 0.1) is 4.92 Å². The lowest BCUT2D eigenvalue weighted by atomic mass is 10.1. The standard InChI is InChI=1S/C15H26N4O2/c1-12(2)10-18(8-7-17(3)4)11-13-5-6-15(19(20)21)14(16)9-13/h5-6,9,12H,7-8,10-11,16H2,1-4H3. The average Bonchev–Trinajstić information content (AvgIpc) is 2.34. The van der Waals surface area contributed by atoms with Gasteiger partial charge >= 0.3 is 0 Å². The van der Waals surface area contributed by atoms with E-state index in [9.17, 15) is 10.1 Å². The molecular weight excluding hydrogens is 268 g/mol. The maximum absolute atomic E-state index is 10.8. The molecule has 0 heterocycles. The van der Waals surface area contributed by atoms with Gasteiger partial charge in [0.1, 0.15) is 5.69 Å². The molecule has 21 heavy (non-hydrogen) atoms. The van der Waals surface area contributed by atoms with Crippen molar-refractivity contribution in [2.75, 3.05) is 39.5 Å². The first-order valence-electron chi connectivity index (χ1n) is 7.19. The van der Waals surface area contributed by atoms with Crippen LogP contribution in [0.5, 0.6) is 0 Å². The van der Waals surface area contributed by atoms with Crippen molar-refractivity contribution in [3.05, 3.63) is 33.9 Å². The number of benzene rings is 1. The van der Waals surface area contributed by atoms with E-state index in [1.807, 2.05) is 0 Å².